The summed E-state index contributed by atoms with van der Waals surface area (Å²) < 4.78 is 31.9. The highest BCUT2D eigenvalue weighted by atomic mass is 35.5. The van der Waals surface area contributed by atoms with Crippen LogP contribution in [0.25, 0.3) is 0 Å². The molecule has 3 rings (SSSR count). The number of hydrogen-bond donors (Lipinski definition) is 1. The normalized spacial score (nSPS) is 12.5. The molecule has 0 fully saturated rings. The van der Waals surface area contributed by atoms with E-state index >= 15 is 0 Å². The fraction of sp³-hybridized carbons (Fsp3) is 0.190. The predicted octanol–water partition coefficient (Wildman–Crippen LogP) is 4.49. The summed E-state index contributed by atoms with van der Waals surface area (Å²) >= 11 is 5.84. The van der Waals surface area contributed by atoms with Crippen LogP contribution in [-0.2, 0) is 9.84 Å². The Balaban J connectivity index is 1.88. The monoisotopic (exact) mass is 417 g/mol. The lowest BCUT2D eigenvalue weighted by Gasteiger charge is -2.17. The number of carbonyl (C=O) groups is 1. The Hall–Kier alpha value is -2.57. The molecule has 0 aliphatic carbocycles. The summed E-state index contributed by atoms with van der Waals surface area (Å²) in [6.45, 7) is 3.66. The molecule has 1 atom stereocenters. The second-order valence-corrected chi connectivity index (χ2v) is 9.08. The molecule has 0 aliphatic heterocycles. The van der Waals surface area contributed by atoms with Crippen LogP contribution >= 0.6 is 11.6 Å². The number of aryl methyl sites for hydroxylation is 2. The number of benzene rings is 2. The smallest absolute Gasteiger partial charge is 0.251 e. The average Bonchev–Trinajstić information content (AvgIpc) is 3.18. The van der Waals surface area contributed by atoms with Crippen molar-refractivity contribution in [1.29, 1.82) is 0 Å². The SMILES string of the molecule is Cc1ccc(S(=O)(=O)[C@H](CNC(=O)c2ccc(Cl)cc2)c2ccco2)cc1C. The molecule has 0 spiro atoms. The summed E-state index contributed by atoms with van der Waals surface area (Å²) in [5.74, 6) is -0.113. The molecule has 0 unspecified atom stereocenters. The van der Waals surface area contributed by atoms with Crippen molar-refractivity contribution in [2.24, 2.45) is 0 Å². The molecule has 5 nitrogen and oxygen atoms in total. The van der Waals surface area contributed by atoms with E-state index in [1.807, 2.05) is 13.8 Å². The summed E-state index contributed by atoms with van der Waals surface area (Å²) in [5, 5.41) is 2.16. The van der Waals surface area contributed by atoms with Gasteiger partial charge in [0, 0.05) is 17.1 Å². The Labute approximate surface area is 169 Å². The lowest BCUT2D eigenvalue weighted by molar-refractivity contribution is 0.0953. The van der Waals surface area contributed by atoms with Crippen molar-refractivity contribution >= 4 is 27.3 Å². The number of nitrogens with one attached hydrogen (secondary N) is 1. The Morgan fingerprint density at radius 2 is 1.79 bits per heavy atom. The van der Waals surface area contributed by atoms with E-state index in [9.17, 15) is 13.2 Å². The molecule has 0 saturated carbocycles. The molecule has 7 heteroatoms. The highest BCUT2D eigenvalue weighted by Crippen LogP contribution is 2.30. The molecular formula is C21H20ClNO4S. The highest BCUT2D eigenvalue weighted by molar-refractivity contribution is 7.91. The fourth-order valence-corrected chi connectivity index (χ4v) is 4.58. The van der Waals surface area contributed by atoms with Gasteiger partial charge in [0.25, 0.3) is 5.91 Å². The second-order valence-electron chi connectivity index (χ2n) is 6.51. The van der Waals surface area contributed by atoms with E-state index in [-0.39, 0.29) is 23.1 Å². The van der Waals surface area contributed by atoms with Crippen LogP contribution in [0.5, 0.6) is 0 Å². The third-order valence-electron chi connectivity index (χ3n) is 4.60. The maximum absolute atomic E-state index is 13.3. The first-order chi connectivity index (χ1) is 13.3. The minimum absolute atomic E-state index is 0.121. The zero-order chi connectivity index (χ0) is 20.3. The summed E-state index contributed by atoms with van der Waals surface area (Å²) in [4.78, 5) is 12.6. The first kappa shape index (κ1) is 20.2. The molecule has 1 aromatic heterocycles. The van der Waals surface area contributed by atoms with Crippen LogP contribution in [0.3, 0.4) is 0 Å². The van der Waals surface area contributed by atoms with E-state index in [0.29, 0.717) is 10.6 Å². The zero-order valence-electron chi connectivity index (χ0n) is 15.5. The summed E-state index contributed by atoms with van der Waals surface area (Å²) in [6, 6.07) is 14.6. The van der Waals surface area contributed by atoms with Gasteiger partial charge < -0.3 is 9.73 Å². The van der Waals surface area contributed by atoms with Crippen LogP contribution in [0.4, 0.5) is 0 Å². The summed E-state index contributed by atoms with van der Waals surface area (Å²) in [6.07, 6.45) is 1.42. The van der Waals surface area contributed by atoms with Crippen LogP contribution in [0.2, 0.25) is 5.02 Å². The van der Waals surface area contributed by atoms with Gasteiger partial charge in [-0.3, -0.25) is 4.79 Å². The van der Waals surface area contributed by atoms with E-state index in [4.69, 9.17) is 16.0 Å². The number of furan rings is 1. The molecule has 1 N–H and O–H groups in total. The van der Waals surface area contributed by atoms with Crippen LogP contribution < -0.4 is 5.32 Å². The fourth-order valence-electron chi connectivity index (χ4n) is 2.78. The molecule has 1 amide bonds. The van der Waals surface area contributed by atoms with Crippen molar-refractivity contribution in [3.8, 4) is 0 Å². The molecule has 2 aromatic carbocycles. The van der Waals surface area contributed by atoms with Gasteiger partial charge in [-0.2, -0.15) is 0 Å². The van der Waals surface area contributed by atoms with Crippen LogP contribution in [0.15, 0.2) is 70.2 Å². The Morgan fingerprint density at radius 1 is 1.07 bits per heavy atom. The molecule has 1 heterocycles. The summed E-state index contributed by atoms with van der Waals surface area (Å²) in [5.41, 5.74) is 2.28. The van der Waals surface area contributed by atoms with Gasteiger partial charge >= 0.3 is 0 Å². The number of sulfone groups is 1. The molecule has 28 heavy (non-hydrogen) atoms. The lowest BCUT2D eigenvalue weighted by atomic mass is 10.1. The molecule has 0 aliphatic rings. The van der Waals surface area contributed by atoms with Crippen molar-refractivity contribution in [3.63, 3.8) is 0 Å². The number of halogens is 1. The first-order valence-electron chi connectivity index (χ1n) is 8.67. The van der Waals surface area contributed by atoms with Gasteiger partial charge in [0.15, 0.2) is 9.84 Å². The molecule has 146 valence electrons. The standard InChI is InChI=1S/C21H20ClNO4S/c1-14-5-10-18(12-15(14)2)28(25,26)20(19-4-3-11-27-19)13-23-21(24)16-6-8-17(22)9-7-16/h3-12,20H,13H2,1-2H3,(H,23,24)/t20-/m1/s1. The van der Waals surface area contributed by atoms with Gasteiger partial charge in [-0.1, -0.05) is 17.7 Å². The van der Waals surface area contributed by atoms with Crippen LogP contribution in [0, 0.1) is 13.8 Å². The van der Waals surface area contributed by atoms with Crippen molar-refractivity contribution < 1.29 is 17.6 Å². The van der Waals surface area contributed by atoms with E-state index in [0.717, 1.165) is 11.1 Å². The highest BCUT2D eigenvalue weighted by Gasteiger charge is 2.32. The molecule has 0 bridgehead atoms. The topological polar surface area (TPSA) is 76.4 Å². The number of hydrogen-bond acceptors (Lipinski definition) is 4. The van der Waals surface area contributed by atoms with Crippen molar-refractivity contribution in [2.45, 2.75) is 24.0 Å². The predicted molar refractivity (Wildman–Crippen MR) is 108 cm³/mol. The Bertz CT molecular complexity index is 1070. The van der Waals surface area contributed by atoms with Gasteiger partial charge in [0.05, 0.1) is 11.2 Å². The van der Waals surface area contributed by atoms with Gasteiger partial charge in [-0.25, -0.2) is 8.42 Å². The zero-order valence-corrected chi connectivity index (χ0v) is 17.0. The number of amides is 1. The van der Waals surface area contributed by atoms with E-state index in [1.165, 1.54) is 6.26 Å². The van der Waals surface area contributed by atoms with Crippen molar-refractivity contribution in [1.82, 2.24) is 5.32 Å². The van der Waals surface area contributed by atoms with E-state index in [1.54, 1.807) is 54.6 Å². The summed E-state index contributed by atoms with van der Waals surface area (Å²) in [7, 11) is -3.78. The van der Waals surface area contributed by atoms with Gasteiger partial charge in [-0.05, 0) is 73.5 Å². The average molecular weight is 418 g/mol. The maximum Gasteiger partial charge on any atom is 0.251 e. The van der Waals surface area contributed by atoms with Crippen LogP contribution in [-0.4, -0.2) is 20.9 Å². The van der Waals surface area contributed by atoms with E-state index < -0.39 is 15.1 Å². The Morgan fingerprint density at radius 3 is 2.39 bits per heavy atom. The molecular weight excluding hydrogens is 398 g/mol. The molecule has 3 aromatic rings. The van der Waals surface area contributed by atoms with Gasteiger partial charge in [-0.15, -0.1) is 0 Å². The van der Waals surface area contributed by atoms with Crippen LogP contribution in [0.1, 0.15) is 32.5 Å². The second kappa shape index (κ2) is 8.20. The first-order valence-corrected chi connectivity index (χ1v) is 10.6. The third-order valence-corrected chi connectivity index (χ3v) is 6.91. The number of carbonyl (C=O) groups excluding carboxylic acids is 1. The van der Waals surface area contributed by atoms with Crippen molar-refractivity contribution in [2.75, 3.05) is 6.54 Å². The maximum atomic E-state index is 13.3. The third kappa shape index (κ3) is 4.29. The minimum Gasteiger partial charge on any atom is -0.468 e. The Kier molecular flexibility index (Phi) is 5.91. The van der Waals surface area contributed by atoms with Crippen molar-refractivity contribution in [3.05, 3.63) is 88.3 Å². The van der Waals surface area contributed by atoms with Gasteiger partial charge in [0.1, 0.15) is 11.0 Å². The lowest BCUT2D eigenvalue weighted by Crippen LogP contribution is -2.31. The molecule has 0 radical (unpaired) electrons. The van der Waals surface area contributed by atoms with Gasteiger partial charge in [0.2, 0.25) is 0 Å². The number of rotatable bonds is 6. The minimum atomic E-state index is -3.78. The quantitative estimate of drug-likeness (QED) is 0.640. The van der Waals surface area contributed by atoms with E-state index in [2.05, 4.69) is 5.32 Å². The molecule has 0 saturated heterocycles. The largest absolute Gasteiger partial charge is 0.468 e.